The number of thiophene rings is 1. The fraction of sp³-hybridized carbons (Fsp3) is 0.192. The lowest BCUT2D eigenvalue weighted by molar-refractivity contribution is -0.119. The molecule has 0 unspecified atom stereocenters. The summed E-state index contributed by atoms with van der Waals surface area (Å²) in [5, 5.41) is 7.50. The Kier molecular flexibility index (Phi) is 8.63. The molecule has 0 aliphatic rings. The normalized spacial score (nSPS) is 10.2. The van der Waals surface area contributed by atoms with Gasteiger partial charge in [0.15, 0.2) is 6.61 Å². The number of rotatable bonds is 9. The molecule has 0 saturated heterocycles. The zero-order chi connectivity index (χ0) is 25.4. The van der Waals surface area contributed by atoms with Crippen molar-refractivity contribution in [2.24, 2.45) is 0 Å². The van der Waals surface area contributed by atoms with E-state index < -0.39 is 18.5 Å². The molecule has 2 amide bonds. The van der Waals surface area contributed by atoms with Gasteiger partial charge >= 0.3 is 5.97 Å². The topological polar surface area (TPSA) is 103 Å². The van der Waals surface area contributed by atoms with Crippen LogP contribution in [0.3, 0.4) is 0 Å². The van der Waals surface area contributed by atoms with Crippen molar-refractivity contribution in [1.82, 2.24) is 0 Å². The summed E-state index contributed by atoms with van der Waals surface area (Å²) in [6, 6.07) is 14.2. The van der Waals surface area contributed by atoms with Crippen molar-refractivity contribution in [1.29, 1.82) is 0 Å². The number of nitrogens with one attached hydrogen (secondary N) is 2. The highest BCUT2D eigenvalue weighted by atomic mass is 32.1. The molecule has 0 bridgehead atoms. The Hall–Kier alpha value is -4.11. The number of hydrogen-bond acceptors (Lipinski definition) is 7. The number of carbonyl (C=O) groups excluding carboxylic acids is 3. The molecule has 1 heterocycles. The molecule has 0 fully saturated rings. The molecule has 0 aliphatic carbocycles. The molecule has 0 radical (unpaired) electrons. The number of carbonyl (C=O) groups is 3. The SMILES string of the molecule is COc1ccc(OC)c(NC(=O)COC(=O)c2c(-c3ccccc3)csc2NC(=O)C=C(C)C)c1. The molecule has 0 atom stereocenters. The van der Waals surface area contributed by atoms with Crippen LogP contribution in [0.15, 0.2) is 65.6 Å². The van der Waals surface area contributed by atoms with E-state index in [1.165, 1.54) is 31.6 Å². The van der Waals surface area contributed by atoms with E-state index in [9.17, 15) is 14.4 Å². The maximum atomic E-state index is 13.1. The fourth-order valence-corrected chi connectivity index (χ4v) is 4.15. The van der Waals surface area contributed by atoms with Crippen LogP contribution in [0.2, 0.25) is 0 Å². The molecule has 1 aromatic heterocycles. The van der Waals surface area contributed by atoms with Crippen molar-refractivity contribution in [3.05, 3.63) is 71.1 Å². The Morgan fingerprint density at radius 2 is 1.71 bits per heavy atom. The van der Waals surface area contributed by atoms with Crippen molar-refractivity contribution in [2.75, 3.05) is 31.5 Å². The van der Waals surface area contributed by atoms with Gasteiger partial charge in [-0.25, -0.2) is 4.79 Å². The van der Waals surface area contributed by atoms with Crippen LogP contribution < -0.4 is 20.1 Å². The number of methoxy groups -OCH3 is 2. The molecule has 3 aromatic rings. The van der Waals surface area contributed by atoms with Crippen molar-refractivity contribution in [2.45, 2.75) is 13.8 Å². The van der Waals surface area contributed by atoms with Gasteiger partial charge in [0.2, 0.25) is 5.91 Å². The first-order valence-electron chi connectivity index (χ1n) is 10.6. The molecule has 0 aliphatic heterocycles. The van der Waals surface area contributed by atoms with Crippen LogP contribution >= 0.6 is 11.3 Å². The largest absolute Gasteiger partial charge is 0.497 e. The second-order valence-electron chi connectivity index (χ2n) is 7.62. The molecular formula is C26H26N2O6S. The van der Waals surface area contributed by atoms with Gasteiger partial charge in [0.1, 0.15) is 22.1 Å². The summed E-state index contributed by atoms with van der Waals surface area (Å²) < 4.78 is 15.8. The molecule has 2 aromatic carbocycles. The number of hydrogen-bond donors (Lipinski definition) is 2. The number of amides is 2. The van der Waals surface area contributed by atoms with Crippen molar-refractivity contribution < 1.29 is 28.6 Å². The second kappa shape index (κ2) is 11.8. The van der Waals surface area contributed by atoms with Gasteiger partial charge in [0.25, 0.3) is 5.91 Å². The second-order valence-corrected chi connectivity index (χ2v) is 8.50. The fourth-order valence-electron chi connectivity index (χ4n) is 3.19. The highest BCUT2D eigenvalue weighted by Gasteiger charge is 2.23. The number of ether oxygens (including phenoxy) is 3. The monoisotopic (exact) mass is 494 g/mol. The van der Waals surface area contributed by atoms with Gasteiger partial charge in [0.05, 0.1) is 19.9 Å². The lowest BCUT2D eigenvalue weighted by atomic mass is 10.0. The lowest BCUT2D eigenvalue weighted by Crippen LogP contribution is -2.22. The van der Waals surface area contributed by atoms with Crippen molar-refractivity contribution in [3.63, 3.8) is 0 Å². The van der Waals surface area contributed by atoms with Crippen molar-refractivity contribution in [3.8, 4) is 22.6 Å². The minimum absolute atomic E-state index is 0.184. The third-order valence-electron chi connectivity index (χ3n) is 4.75. The van der Waals surface area contributed by atoms with Gasteiger partial charge in [-0.15, -0.1) is 11.3 Å². The molecular weight excluding hydrogens is 468 g/mol. The predicted molar refractivity (Wildman–Crippen MR) is 136 cm³/mol. The van der Waals surface area contributed by atoms with Crippen LogP contribution in [0.4, 0.5) is 10.7 Å². The van der Waals surface area contributed by atoms with E-state index in [1.807, 2.05) is 30.3 Å². The summed E-state index contributed by atoms with van der Waals surface area (Å²) in [7, 11) is 2.98. The minimum atomic E-state index is -0.731. The summed E-state index contributed by atoms with van der Waals surface area (Å²) in [4.78, 5) is 37.9. The summed E-state index contributed by atoms with van der Waals surface area (Å²) >= 11 is 1.21. The van der Waals surface area contributed by atoms with Gasteiger partial charge in [-0.2, -0.15) is 0 Å². The molecule has 9 heteroatoms. The quantitative estimate of drug-likeness (QED) is 0.316. The zero-order valence-corrected chi connectivity index (χ0v) is 20.7. The van der Waals surface area contributed by atoms with Crippen LogP contribution in [-0.4, -0.2) is 38.6 Å². The molecule has 0 spiro atoms. The third kappa shape index (κ3) is 6.70. The van der Waals surface area contributed by atoms with Crippen LogP contribution in [0.1, 0.15) is 24.2 Å². The van der Waals surface area contributed by atoms with E-state index in [1.54, 1.807) is 37.4 Å². The number of benzene rings is 2. The first-order chi connectivity index (χ1) is 16.8. The van der Waals surface area contributed by atoms with Crippen LogP contribution in [-0.2, 0) is 14.3 Å². The van der Waals surface area contributed by atoms with E-state index in [2.05, 4.69) is 10.6 Å². The maximum absolute atomic E-state index is 13.1. The highest BCUT2D eigenvalue weighted by molar-refractivity contribution is 7.15. The van der Waals surface area contributed by atoms with Gasteiger partial charge < -0.3 is 24.8 Å². The Labute approximate surface area is 207 Å². The summed E-state index contributed by atoms with van der Waals surface area (Å²) in [6.07, 6.45) is 1.44. The predicted octanol–water partition coefficient (Wildman–Crippen LogP) is 5.13. The van der Waals surface area contributed by atoms with E-state index >= 15 is 0 Å². The molecule has 182 valence electrons. The number of esters is 1. The minimum Gasteiger partial charge on any atom is -0.497 e. The van der Waals surface area contributed by atoms with Crippen molar-refractivity contribution >= 4 is 39.8 Å². The maximum Gasteiger partial charge on any atom is 0.342 e. The van der Waals surface area contributed by atoms with E-state index in [0.29, 0.717) is 27.8 Å². The Balaban J connectivity index is 1.80. The van der Waals surface area contributed by atoms with Crippen LogP contribution in [0.5, 0.6) is 11.5 Å². The smallest absolute Gasteiger partial charge is 0.342 e. The van der Waals surface area contributed by atoms with Crippen LogP contribution in [0, 0.1) is 0 Å². The summed E-state index contributed by atoms with van der Waals surface area (Å²) in [5.41, 5.74) is 2.76. The van der Waals surface area contributed by atoms with Gasteiger partial charge in [-0.05, 0) is 31.5 Å². The average molecular weight is 495 g/mol. The summed E-state index contributed by atoms with van der Waals surface area (Å²) in [5.74, 6) is -0.690. The van der Waals surface area contributed by atoms with Gasteiger partial charge in [0, 0.05) is 23.1 Å². The Bertz CT molecular complexity index is 1250. The highest BCUT2D eigenvalue weighted by Crippen LogP contribution is 2.36. The van der Waals surface area contributed by atoms with E-state index in [0.717, 1.165) is 11.1 Å². The first kappa shape index (κ1) is 25.5. The van der Waals surface area contributed by atoms with E-state index in [-0.39, 0.29) is 11.5 Å². The zero-order valence-electron chi connectivity index (χ0n) is 19.8. The Morgan fingerprint density at radius 3 is 2.37 bits per heavy atom. The average Bonchev–Trinajstić information content (AvgIpc) is 3.25. The number of allylic oxidation sites excluding steroid dienone is 1. The third-order valence-corrected chi connectivity index (χ3v) is 5.65. The lowest BCUT2D eigenvalue weighted by Gasteiger charge is -2.12. The Morgan fingerprint density at radius 1 is 0.971 bits per heavy atom. The molecule has 2 N–H and O–H groups in total. The van der Waals surface area contributed by atoms with Gasteiger partial charge in [-0.3, -0.25) is 9.59 Å². The van der Waals surface area contributed by atoms with Crippen LogP contribution in [0.25, 0.3) is 11.1 Å². The van der Waals surface area contributed by atoms with E-state index in [4.69, 9.17) is 14.2 Å². The molecule has 8 nitrogen and oxygen atoms in total. The number of anilines is 2. The summed E-state index contributed by atoms with van der Waals surface area (Å²) in [6.45, 7) is 3.06. The molecule has 3 rings (SSSR count). The molecule has 35 heavy (non-hydrogen) atoms. The first-order valence-corrected chi connectivity index (χ1v) is 11.5. The molecule has 0 saturated carbocycles. The van der Waals surface area contributed by atoms with Gasteiger partial charge in [-0.1, -0.05) is 35.9 Å². The standard InChI is InChI=1S/C26H26N2O6S/c1-16(2)12-22(29)28-25-24(19(15-35-25)17-8-6-5-7-9-17)26(31)34-14-23(30)27-20-13-18(32-3)10-11-21(20)33-4/h5-13,15H,14H2,1-4H3,(H,27,30)(H,28,29).